The number of esters is 2. The zero-order valence-electron chi connectivity index (χ0n) is 28.9. The maximum Gasteiger partial charge on any atom is 0.472 e. The quantitative estimate of drug-likeness (QED) is 0.0299. The number of nitrogens with two attached hydrogens (primary N) is 1. The molecule has 0 spiro atoms. The summed E-state index contributed by atoms with van der Waals surface area (Å²) < 4.78 is 32.6. The predicted molar refractivity (Wildman–Crippen MR) is 183 cm³/mol. The van der Waals surface area contributed by atoms with Gasteiger partial charge in [0, 0.05) is 19.4 Å². The summed E-state index contributed by atoms with van der Waals surface area (Å²) in [5.74, 6) is -0.836. The van der Waals surface area contributed by atoms with Crippen molar-refractivity contribution in [2.75, 3.05) is 26.4 Å². The number of hydrogen-bond acceptors (Lipinski definition) is 8. The molecule has 1 unspecified atom stereocenters. The molecule has 3 N–H and O–H groups in total. The number of allylic oxidation sites excluding steroid dienone is 2. The molecule has 10 heteroatoms. The number of phosphoric ester groups is 1. The van der Waals surface area contributed by atoms with E-state index < -0.39 is 26.5 Å². The molecule has 0 amide bonds. The number of phosphoric acid groups is 1. The lowest BCUT2D eigenvalue weighted by atomic mass is 10.0. The Labute approximate surface area is 275 Å². The molecule has 0 bridgehead atoms. The summed E-state index contributed by atoms with van der Waals surface area (Å²) in [6.45, 7) is 3.68. The van der Waals surface area contributed by atoms with E-state index in [0.717, 1.165) is 57.8 Å². The molecule has 0 rings (SSSR count). The third-order valence-corrected chi connectivity index (χ3v) is 8.64. The third kappa shape index (κ3) is 32.5. The molecule has 0 heterocycles. The lowest BCUT2D eigenvalue weighted by Crippen LogP contribution is -2.29. The largest absolute Gasteiger partial charge is 0.472 e. The summed E-state index contributed by atoms with van der Waals surface area (Å²) >= 11 is 0. The lowest BCUT2D eigenvalue weighted by molar-refractivity contribution is -0.161. The van der Waals surface area contributed by atoms with Crippen molar-refractivity contribution in [2.24, 2.45) is 5.73 Å². The van der Waals surface area contributed by atoms with Crippen LogP contribution in [0.3, 0.4) is 0 Å². The average molecular weight is 662 g/mol. The molecular weight excluding hydrogens is 593 g/mol. The molecule has 45 heavy (non-hydrogen) atoms. The summed E-state index contributed by atoms with van der Waals surface area (Å²) in [6.07, 6.45) is 29.5. The van der Waals surface area contributed by atoms with Crippen LogP contribution >= 0.6 is 7.82 Å². The first-order valence-electron chi connectivity index (χ1n) is 18.2. The normalized spacial score (nSPS) is 13.6. The molecule has 0 aliphatic heterocycles. The standard InChI is InChI=1S/C35H68NO8P/c1-3-5-7-9-11-13-15-17-19-21-23-25-27-34(37)41-31-33(32-43-45(39,40)42-30-29-36)44-35(38)28-26-24-22-20-18-16-14-12-10-8-6-4-2/h12,14,33H,3-11,13,15-32,36H2,1-2H3,(H,39,40)/b14-12-/t33-/m1/s1. The summed E-state index contributed by atoms with van der Waals surface area (Å²) in [5, 5.41) is 0. The highest BCUT2D eigenvalue weighted by atomic mass is 31.2. The van der Waals surface area contributed by atoms with Crippen LogP contribution in [-0.2, 0) is 32.7 Å². The highest BCUT2D eigenvalue weighted by molar-refractivity contribution is 7.47. The Morgan fingerprint density at radius 3 is 1.62 bits per heavy atom. The average Bonchev–Trinajstić information content (AvgIpc) is 3.02. The molecule has 9 nitrogen and oxygen atoms in total. The molecule has 0 saturated heterocycles. The number of hydrogen-bond donors (Lipinski definition) is 2. The summed E-state index contributed by atoms with van der Waals surface area (Å²) in [6, 6.07) is 0. The molecule has 0 aromatic rings. The second-order valence-corrected chi connectivity index (χ2v) is 13.5. The number of unbranched alkanes of at least 4 members (excludes halogenated alkanes) is 19. The van der Waals surface area contributed by atoms with E-state index in [1.54, 1.807) is 0 Å². The summed E-state index contributed by atoms with van der Waals surface area (Å²) in [5.41, 5.74) is 5.32. The molecule has 0 fully saturated rings. The molecule has 0 saturated carbocycles. The maximum atomic E-state index is 12.5. The first kappa shape index (κ1) is 43.8. The van der Waals surface area contributed by atoms with E-state index in [0.29, 0.717) is 6.42 Å². The monoisotopic (exact) mass is 661 g/mol. The Balaban J connectivity index is 4.25. The van der Waals surface area contributed by atoms with E-state index in [2.05, 4.69) is 26.0 Å². The first-order valence-corrected chi connectivity index (χ1v) is 19.7. The smallest absolute Gasteiger partial charge is 0.462 e. The molecule has 0 aliphatic rings. The van der Waals surface area contributed by atoms with Crippen molar-refractivity contribution in [1.29, 1.82) is 0 Å². The number of carbonyl (C=O) groups excluding carboxylic acids is 2. The van der Waals surface area contributed by atoms with Gasteiger partial charge in [0.05, 0.1) is 13.2 Å². The Morgan fingerprint density at radius 2 is 1.09 bits per heavy atom. The van der Waals surface area contributed by atoms with Gasteiger partial charge in [-0.1, -0.05) is 129 Å². The van der Waals surface area contributed by atoms with Crippen LogP contribution in [0.1, 0.15) is 168 Å². The second kappa shape index (κ2) is 32.7. The van der Waals surface area contributed by atoms with E-state index in [-0.39, 0.29) is 38.6 Å². The van der Waals surface area contributed by atoms with Crippen LogP contribution in [0.25, 0.3) is 0 Å². The molecule has 266 valence electrons. The van der Waals surface area contributed by atoms with Crippen LogP contribution < -0.4 is 5.73 Å². The van der Waals surface area contributed by atoms with E-state index in [1.807, 2.05) is 0 Å². The van der Waals surface area contributed by atoms with Gasteiger partial charge in [-0.25, -0.2) is 4.57 Å². The number of rotatable bonds is 34. The van der Waals surface area contributed by atoms with Crippen molar-refractivity contribution in [3.63, 3.8) is 0 Å². The zero-order valence-corrected chi connectivity index (χ0v) is 29.8. The first-order chi connectivity index (χ1) is 21.8. The fourth-order valence-corrected chi connectivity index (χ4v) is 5.69. The Hall–Kier alpha value is -1.25. The minimum absolute atomic E-state index is 0.0544. The van der Waals surface area contributed by atoms with Crippen molar-refractivity contribution in [3.8, 4) is 0 Å². The van der Waals surface area contributed by atoms with Gasteiger partial charge in [-0.05, 0) is 38.5 Å². The number of ether oxygens (including phenoxy) is 2. The topological polar surface area (TPSA) is 134 Å². The van der Waals surface area contributed by atoms with Crippen molar-refractivity contribution in [3.05, 3.63) is 12.2 Å². The zero-order chi connectivity index (χ0) is 33.3. The van der Waals surface area contributed by atoms with Crippen LogP contribution in [0.5, 0.6) is 0 Å². The summed E-state index contributed by atoms with van der Waals surface area (Å²) in [7, 11) is -4.36. The van der Waals surface area contributed by atoms with E-state index in [9.17, 15) is 19.0 Å². The van der Waals surface area contributed by atoms with Gasteiger partial charge in [0.2, 0.25) is 0 Å². The fraction of sp³-hybridized carbons (Fsp3) is 0.886. The van der Waals surface area contributed by atoms with Gasteiger partial charge < -0.3 is 20.1 Å². The van der Waals surface area contributed by atoms with Crippen LogP contribution in [-0.4, -0.2) is 49.3 Å². The molecular formula is C35H68NO8P. The second-order valence-electron chi connectivity index (χ2n) is 12.1. The van der Waals surface area contributed by atoms with Crippen LogP contribution in [0.2, 0.25) is 0 Å². The van der Waals surface area contributed by atoms with Crippen LogP contribution in [0, 0.1) is 0 Å². The highest BCUT2D eigenvalue weighted by Gasteiger charge is 2.25. The van der Waals surface area contributed by atoms with Gasteiger partial charge in [-0.15, -0.1) is 0 Å². The SMILES string of the molecule is CCCCC/C=C\CCCCCCCC(=O)O[C@H](COC(=O)CCCCCCCCCCCCCC)COP(=O)(O)OCCN. The third-order valence-electron chi connectivity index (χ3n) is 7.65. The fourth-order valence-electron chi connectivity index (χ4n) is 4.92. The number of carbonyl (C=O) groups is 2. The maximum absolute atomic E-state index is 12.5. The van der Waals surface area contributed by atoms with E-state index >= 15 is 0 Å². The Bertz CT molecular complexity index is 764. The van der Waals surface area contributed by atoms with E-state index in [4.69, 9.17) is 24.3 Å². The van der Waals surface area contributed by atoms with Crippen LogP contribution in [0.4, 0.5) is 0 Å². The molecule has 0 radical (unpaired) electrons. The predicted octanol–water partition coefficient (Wildman–Crippen LogP) is 9.49. The Kier molecular flexibility index (Phi) is 31.8. The van der Waals surface area contributed by atoms with E-state index in [1.165, 1.54) is 77.0 Å². The van der Waals surface area contributed by atoms with Gasteiger partial charge in [0.25, 0.3) is 0 Å². The van der Waals surface area contributed by atoms with Crippen molar-refractivity contribution in [2.45, 2.75) is 174 Å². The van der Waals surface area contributed by atoms with Gasteiger partial charge in [0.1, 0.15) is 6.61 Å². The Morgan fingerprint density at radius 1 is 0.644 bits per heavy atom. The van der Waals surface area contributed by atoms with Gasteiger partial charge in [-0.2, -0.15) is 0 Å². The van der Waals surface area contributed by atoms with Crippen molar-refractivity contribution >= 4 is 19.8 Å². The van der Waals surface area contributed by atoms with Gasteiger partial charge >= 0.3 is 19.8 Å². The van der Waals surface area contributed by atoms with Crippen molar-refractivity contribution in [1.82, 2.24) is 0 Å². The summed E-state index contributed by atoms with van der Waals surface area (Å²) in [4.78, 5) is 34.6. The minimum Gasteiger partial charge on any atom is -0.462 e. The molecule has 0 aromatic heterocycles. The minimum atomic E-state index is -4.36. The molecule has 0 aliphatic carbocycles. The highest BCUT2D eigenvalue weighted by Crippen LogP contribution is 2.43. The van der Waals surface area contributed by atoms with Crippen LogP contribution in [0.15, 0.2) is 12.2 Å². The van der Waals surface area contributed by atoms with Gasteiger partial charge in [0.15, 0.2) is 6.10 Å². The molecule has 0 aromatic carbocycles. The molecule has 2 atom stereocenters. The lowest BCUT2D eigenvalue weighted by Gasteiger charge is -2.19. The van der Waals surface area contributed by atoms with Gasteiger partial charge in [-0.3, -0.25) is 18.6 Å². The van der Waals surface area contributed by atoms with Crippen molar-refractivity contribution < 1.29 is 37.6 Å².